The Morgan fingerprint density at radius 3 is 2.76 bits per heavy atom. The molecule has 1 saturated heterocycles. The van der Waals surface area contributed by atoms with Crippen molar-refractivity contribution in [2.75, 3.05) is 7.11 Å². The molecule has 1 heterocycles. The largest absolute Gasteiger partial charge is 0.467 e. The van der Waals surface area contributed by atoms with Crippen molar-refractivity contribution in [3.05, 3.63) is 33.3 Å². The molecule has 2 aliphatic rings. The number of benzene rings is 1. The van der Waals surface area contributed by atoms with Gasteiger partial charge in [0.25, 0.3) is 0 Å². The Hall–Kier alpha value is -1.26. The molecule has 1 aromatic carbocycles. The molecule has 1 aromatic rings. The first kappa shape index (κ1) is 14.7. The Morgan fingerprint density at radius 2 is 2.05 bits per heavy atom. The third-order valence-corrected chi connectivity index (χ3v) is 4.80. The molecule has 0 bridgehead atoms. The summed E-state index contributed by atoms with van der Waals surface area (Å²) in [7, 11) is 1.35. The molecule has 1 aliphatic heterocycles. The van der Waals surface area contributed by atoms with E-state index in [1.807, 2.05) is 6.07 Å². The summed E-state index contributed by atoms with van der Waals surface area (Å²) in [5, 5.41) is 1.15. The lowest BCUT2D eigenvalue weighted by atomic mass is 10.1. The first-order valence-electron chi connectivity index (χ1n) is 6.89. The van der Waals surface area contributed by atoms with Crippen LogP contribution in [0.3, 0.4) is 0 Å². The van der Waals surface area contributed by atoms with Crippen molar-refractivity contribution in [1.29, 1.82) is 0 Å². The molecule has 3 rings (SSSR count). The normalized spacial score (nSPS) is 24.3. The fraction of sp³-hybridized carbons (Fsp3) is 0.467. The SMILES string of the molecule is COC(=O)C1CCC(=O)N1C1CCc2cc(Cl)cc(Cl)c21. The topological polar surface area (TPSA) is 46.6 Å². The van der Waals surface area contributed by atoms with Crippen molar-refractivity contribution >= 4 is 35.1 Å². The highest BCUT2D eigenvalue weighted by Gasteiger charge is 2.44. The Kier molecular flexibility index (Phi) is 3.84. The summed E-state index contributed by atoms with van der Waals surface area (Å²) in [6.07, 6.45) is 2.44. The van der Waals surface area contributed by atoms with Gasteiger partial charge < -0.3 is 9.64 Å². The molecule has 0 radical (unpaired) electrons. The zero-order chi connectivity index (χ0) is 15.1. The number of nitrogens with zero attached hydrogens (tertiary/aromatic N) is 1. The van der Waals surface area contributed by atoms with E-state index < -0.39 is 6.04 Å². The maximum atomic E-state index is 12.2. The number of aryl methyl sites for hydroxylation is 1. The number of hydrogen-bond donors (Lipinski definition) is 0. The average molecular weight is 328 g/mol. The molecule has 1 fully saturated rings. The monoisotopic (exact) mass is 327 g/mol. The van der Waals surface area contributed by atoms with Crippen LogP contribution in [-0.2, 0) is 20.7 Å². The summed E-state index contributed by atoms with van der Waals surface area (Å²) < 4.78 is 4.82. The lowest BCUT2D eigenvalue weighted by molar-refractivity contribution is -0.150. The Labute approximate surface area is 133 Å². The molecule has 2 atom stereocenters. The number of rotatable bonds is 2. The lowest BCUT2D eigenvalue weighted by Crippen LogP contribution is -2.41. The zero-order valence-electron chi connectivity index (χ0n) is 11.6. The van der Waals surface area contributed by atoms with E-state index in [-0.39, 0.29) is 17.9 Å². The minimum atomic E-state index is -0.509. The van der Waals surface area contributed by atoms with Gasteiger partial charge in [0.05, 0.1) is 13.2 Å². The Morgan fingerprint density at radius 1 is 1.29 bits per heavy atom. The van der Waals surface area contributed by atoms with Crippen LogP contribution in [0.1, 0.15) is 36.4 Å². The molecule has 1 amide bonds. The van der Waals surface area contributed by atoms with Gasteiger partial charge in [-0.3, -0.25) is 4.79 Å². The molecule has 2 unspecified atom stereocenters. The van der Waals surface area contributed by atoms with Gasteiger partial charge in [0.1, 0.15) is 6.04 Å². The summed E-state index contributed by atoms with van der Waals surface area (Å²) in [5.74, 6) is -0.381. The minimum Gasteiger partial charge on any atom is -0.467 e. The molecule has 4 nitrogen and oxygen atoms in total. The van der Waals surface area contributed by atoms with Crippen molar-refractivity contribution in [3.63, 3.8) is 0 Å². The van der Waals surface area contributed by atoms with Gasteiger partial charge in [-0.15, -0.1) is 0 Å². The number of hydrogen-bond acceptors (Lipinski definition) is 3. The quantitative estimate of drug-likeness (QED) is 0.784. The molecule has 0 spiro atoms. The van der Waals surface area contributed by atoms with E-state index in [1.54, 1.807) is 11.0 Å². The maximum Gasteiger partial charge on any atom is 0.328 e. The number of amides is 1. The van der Waals surface area contributed by atoms with Gasteiger partial charge in [-0.25, -0.2) is 4.79 Å². The number of methoxy groups -OCH3 is 1. The number of halogens is 2. The molecule has 0 N–H and O–H groups in total. The first-order chi connectivity index (χ1) is 10.0. The van der Waals surface area contributed by atoms with Crippen LogP contribution in [0.4, 0.5) is 0 Å². The fourth-order valence-electron chi connectivity index (χ4n) is 3.39. The van der Waals surface area contributed by atoms with Crippen LogP contribution in [0.2, 0.25) is 10.0 Å². The van der Waals surface area contributed by atoms with E-state index in [9.17, 15) is 9.59 Å². The van der Waals surface area contributed by atoms with Crippen LogP contribution in [0.25, 0.3) is 0 Å². The summed E-state index contributed by atoms with van der Waals surface area (Å²) in [4.78, 5) is 25.8. The number of carbonyl (C=O) groups is 2. The molecule has 6 heteroatoms. The van der Waals surface area contributed by atoms with E-state index in [2.05, 4.69) is 0 Å². The van der Waals surface area contributed by atoms with E-state index in [0.717, 1.165) is 24.0 Å². The van der Waals surface area contributed by atoms with Gasteiger partial charge in [-0.1, -0.05) is 23.2 Å². The number of likely N-dealkylation sites (tertiary alicyclic amines) is 1. The predicted molar refractivity (Wildman–Crippen MR) is 79.4 cm³/mol. The van der Waals surface area contributed by atoms with E-state index >= 15 is 0 Å². The van der Waals surface area contributed by atoms with Crippen LogP contribution in [-0.4, -0.2) is 29.9 Å². The smallest absolute Gasteiger partial charge is 0.328 e. The van der Waals surface area contributed by atoms with Crippen LogP contribution in [0.15, 0.2) is 12.1 Å². The summed E-state index contributed by atoms with van der Waals surface area (Å²) in [5.41, 5.74) is 1.98. The van der Waals surface area contributed by atoms with E-state index in [4.69, 9.17) is 27.9 Å². The maximum absolute atomic E-state index is 12.2. The zero-order valence-corrected chi connectivity index (χ0v) is 13.1. The molecule has 112 valence electrons. The highest BCUT2D eigenvalue weighted by molar-refractivity contribution is 6.35. The third-order valence-electron chi connectivity index (χ3n) is 4.26. The lowest BCUT2D eigenvalue weighted by Gasteiger charge is -2.30. The van der Waals surface area contributed by atoms with E-state index in [0.29, 0.717) is 22.9 Å². The summed E-state index contributed by atoms with van der Waals surface area (Å²) >= 11 is 12.3. The number of ether oxygens (including phenoxy) is 1. The van der Waals surface area contributed by atoms with Gasteiger partial charge in [-0.05, 0) is 42.5 Å². The number of carbonyl (C=O) groups excluding carboxylic acids is 2. The van der Waals surface area contributed by atoms with Crippen LogP contribution < -0.4 is 0 Å². The van der Waals surface area contributed by atoms with Gasteiger partial charge >= 0.3 is 5.97 Å². The van der Waals surface area contributed by atoms with Crippen LogP contribution in [0, 0.1) is 0 Å². The summed E-state index contributed by atoms with van der Waals surface area (Å²) in [6, 6.07) is 2.90. The second-order valence-corrected chi connectivity index (χ2v) is 6.24. The van der Waals surface area contributed by atoms with Crippen molar-refractivity contribution in [2.24, 2.45) is 0 Å². The van der Waals surface area contributed by atoms with Crippen LogP contribution >= 0.6 is 23.2 Å². The Balaban J connectivity index is 1.99. The number of esters is 1. The van der Waals surface area contributed by atoms with Crippen LogP contribution in [0.5, 0.6) is 0 Å². The minimum absolute atomic E-state index is 0.0192. The van der Waals surface area contributed by atoms with Crippen molar-refractivity contribution in [3.8, 4) is 0 Å². The van der Waals surface area contributed by atoms with Crippen molar-refractivity contribution in [2.45, 2.75) is 37.8 Å². The second kappa shape index (κ2) is 5.50. The van der Waals surface area contributed by atoms with E-state index in [1.165, 1.54) is 7.11 Å². The second-order valence-electron chi connectivity index (χ2n) is 5.39. The standard InChI is InChI=1S/C15H15Cl2NO3/c1-21-15(20)12-4-5-13(19)18(12)11-3-2-8-6-9(16)7-10(17)14(8)11/h6-7,11-12H,2-5H2,1H3. The molecule has 21 heavy (non-hydrogen) atoms. The van der Waals surface area contributed by atoms with Crippen molar-refractivity contribution in [1.82, 2.24) is 4.90 Å². The highest BCUT2D eigenvalue weighted by atomic mass is 35.5. The van der Waals surface area contributed by atoms with Gasteiger partial charge in [0.2, 0.25) is 5.91 Å². The molecular weight excluding hydrogens is 313 g/mol. The third kappa shape index (κ3) is 2.40. The predicted octanol–water partition coefficient (Wildman–Crippen LogP) is 3.14. The Bertz CT molecular complexity index is 617. The summed E-state index contributed by atoms with van der Waals surface area (Å²) in [6.45, 7) is 0. The molecular formula is C15H15Cl2NO3. The van der Waals surface area contributed by atoms with Gasteiger partial charge in [-0.2, -0.15) is 0 Å². The van der Waals surface area contributed by atoms with Crippen molar-refractivity contribution < 1.29 is 14.3 Å². The average Bonchev–Trinajstić information content (AvgIpc) is 3.01. The first-order valence-corrected chi connectivity index (χ1v) is 7.65. The number of fused-ring (bicyclic) bond motifs is 1. The van der Waals surface area contributed by atoms with Gasteiger partial charge in [0.15, 0.2) is 0 Å². The molecule has 1 aliphatic carbocycles. The fourth-order valence-corrected chi connectivity index (χ4v) is 4.05. The van der Waals surface area contributed by atoms with Gasteiger partial charge in [0, 0.05) is 16.5 Å². The highest BCUT2D eigenvalue weighted by Crippen LogP contribution is 2.44. The molecule has 0 aromatic heterocycles. The molecule has 0 saturated carbocycles.